The van der Waals surface area contributed by atoms with Gasteiger partial charge < -0.3 is 20.9 Å². The van der Waals surface area contributed by atoms with Crippen molar-refractivity contribution >= 4 is 29.4 Å². The van der Waals surface area contributed by atoms with Crippen LogP contribution in [0.25, 0.3) is 11.4 Å². The van der Waals surface area contributed by atoms with Crippen LogP contribution >= 0.6 is 0 Å². The van der Waals surface area contributed by atoms with Crippen molar-refractivity contribution in [2.24, 2.45) is 0 Å². The molecular weight excluding hydrogens is 470 g/mol. The largest absolute Gasteiger partial charge is 0.368 e. The molecule has 37 heavy (non-hydrogen) atoms. The van der Waals surface area contributed by atoms with E-state index in [1.165, 1.54) is 45.4 Å². The number of benzene rings is 1. The lowest BCUT2D eigenvalue weighted by Crippen LogP contribution is -2.54. The van der Waals surface area contributed by atoms with Gasteiger partial charge in [-0.2, -0.15) is 0 Å². The van der Waals surface area contributed by atoms with Crippen LogP contribution in [-0.4, -0.2) is 82.8 Å². The highest BCUT2D eigenvalue weighted by Gasteiger charge is 2.29. The van der Waals surface area contributed by atoms with Crippen LogP contribution < -0.4 is 16.0 Å². The molecule has 0 bridgehead atoms. The molecule has 0 spiro atoms. The molecule has 1 aliphatic carbocycles. The smallest absolute Gasteiger partial charge is 0.315 e. The van der Waals surface area contributed by atoms with Gasteiger partial charge in [0.2, 0.25) is 5.91 Å². The Hall–Kier alpha value is -3.53. The Morgan fingerprint density at radius 1 is 0.892 bits per heavy atom. The SMILES string of the molecule is CC(=O)NCCNc1cc(NC(=O)C(=O)N2CCN(C3CCCCCC3)CC2)nc(-c2ccccc2)n1. The normalized spacial score (nSPS) is 17.1. The lowest BCUT2D eigenvalue weighted by atomic mass is 10.1. The van der Waals surface area contributed by atoms with Gasteiger partial charge in [0.05, 0.1) is 0 Å². The topological polar surface area (TPSA) is 120 Å². The summed E-state index contributed by atoms with van der Waals surface area (Å²) in [7, 11) is 0. The first-order valence-corrected chi connectivity index (χ1v) is 13.3. The van der Waals surface area contributed by atoms with E-state index in [0.717, 1.165) is 18.7 Å². The maximum absolute atomic E-state index is 13.0. The quantitative estimate of drug-likeness (QED) is 0.299. The predicted molar refractivity (Wildman–Crippen MR) is 143 cm³/mol. The van der Waals surface area contributed by atoms with Gasteiger partial charge in [-0.3, -0.25) is 19.3 Å². The Kier molecular flexibility index (Phi) is 9.42. The van der Waals surface area contributed by atoms with Gasteiger partial charge in [0.25, 0.3) is 0 Å². The van der Waals surface area contributed by atoms with E-state index in [4.69, 9.17) is 0 Å². The molecule has 1 saturated carbocycles. The number of piperazine rings is 1. The van der Waals surface area contributed by atoms with E-state index in [1.807, 2.05) is 30.3 Å². The molecule has 0 unspecified atom stereocenters. The minimum Gasteiger partial charge on any atom is -0.368 e. The number of hydrogen-bond acceptors (Lipinski definition) is 7. The average Bonchev–Trinajstić information content (AvgIpc) is 3.21. The van der Waals surface area contributed by atoms with Crippen molar-refractivity contribution in [2.45, 2.75) is 51.5 Å². The Morgan fingerprint density at radius 2 is 1.57 bits per heavy atom. The van der Waals surface area contributed by atoms with E-state index >= 15 is 0 Å². The number of carbonyl (C=O) groups excluding carboxylic acids is 3. The monoisotopic (exact) mass is 507 g/mol. The fourth-order valence-electron chi connectivity index (χ4n) is 4.97. The molecule has 2 aromatic rings. The third-order valence-electron chi connectivity index (χ3n) is 6.94. The highest BCUT2D eigenvalue weighted by atomic mass is 16.2. The van der Waals surface area contributed by atoms with Crippen molar-refractivity contribution in [3.8, 4) is 11.4 Å². The molecule has 1 saturated heterocycles. The molecular formula is C27H37N7O3. The molecule has 3 amide bonds. The zero-order valence-electron chi connectivity index (χ0n) is 21.5. The minimum absolute atomic E-state index is 0.115. The first-order chi connectivity index (χ1) is 18.0. The maximum Gasteiger partial charge on any atom is 0.315 e. The summed E-state index contributed by atoms with van der Waals surface area (Å²) in [5.74, 6) is -0.212. The van der Waals surface area contributed by atoms with Gasteiger partial charge in [-0.1, -0.05) is 56.0 Å². The summed E-state index contributed by atoms with van der Waals surface area (Å²) in [6.45, 7) is 5.04. The number of nitrogens with zero attached hydrogens (tertiary/aromatic N) is 4. The van der Waals surface area contributed by atoms with Crippen molar-refractivity contribution < 1.29 is 14.4 Å². The third-order valence-corrected chi connectivity index (χ3v) is 6.94. The molecule has 2 heterocycles. The maximum atomic E-state index is 13.0. The highest BCUT2D eigenvalue weighted by molar-refractivity contribution is 6.39. The predicted octanol–water partition coefficient (Wildman–Crippen LogP) is 2.50. The van der Waals surface area contributed by atoms with Gasteiger partial charge in [-0.15, -0.1) is 0 Å². The summed E-state index contributed by atoms with van der Waals surface area (Å²) < 4.78 is 0. The zero-order valence-corrected chi connectivity index (χ0v) is 21.5. The van der Waals surface area contributed by atoms with Crippen molar-refractivity contribution in [1.82, 2.24) is 25.1 Å². The van der Waals surface area contributed by atoms with Crippen LogP contribution in [0.5, 0.6) is 0 Å². The molecule has 3 N–H and O–H groups in total. The van der Waals surface area contributed by atoms with Gasteiger partial charge in [-0.25, -0.2) is 9.97 Å². The fraction of sp³-hybridized carbons (Fsp3) is 0.519. The molecule has 10 heteroatoms. The van der Waals surface area contributed by atoms with E-state index in [0.29, 0.717) is 43.9 Å². The first kappa shape index (κ1) is 26.5. The molecule has 10 nitrogen and oxygen atoms in total. The van der Waals surface area contributed by atoms with E-state index in [9.17, 15) is 14.4 Å². The number of hydrogen-bond donors (Lipinski definition) is 3. The Balaban J connectivity index is 1.38. The van der Waals surface area contributed by atoms with Gasteiger partial charge in [0.15, 0.2) is 5.82 Å². The minimum atomic E-state index is -0.704. The summed E-state index contributed by atoms with van der Waals surface area (Å²) in [6.07, 6.45) is 7.65. The molecule has 0 atom stereocenters. The van der Waals surface area contributed by atoms with E-state index in [-0.39, 0.29) is 11.7 Å². The van der Waals surface area contributed by atoms with Crippen molar-refractivity contribution in [2.75, 3.05) is 49.9 Å². The zero-order chi connectivity index (χ0) is 26.0. The van der Waals surface area contributed by atoms with E-state index < -0.39 is 11.8 Å². The Labute approximate surface area is 218 Å². The highest BCUT2D eigenvalue weighted by Crippen LogP contribution is 2.23. The van der Waals surface area contributed by atoms with Crippen molar-refractivity contribution in [3.63, 3.8) is 0 Å². The Bertz CT molecular complexity index is 1060. The molecule has 2 aliphatic rings. The van der Waals surface area contributed by atoms with E-state index in [2.05, 4.69) is 30.8 Å². The molecule has 2 fully saturated rings. The summed E-state index contributed by atoms with van der Waals surface area (Å²) in [5.41, 5.74) is 0.782. The van der Waals surface area contributed by atoms with Crippen molar-refractivity contribution in [1.29, 1.82) is 0 Å². The van der Waals surface area contributed by atoms with Gasteiger partial charge in [0, 0.05) is 63.9 Å². The van der Waals surface area contributed by atoms with Gasteiger partial charge >= 0.3 is 11.8 Å². The third kappa shape index (κ3) is 7.72. The molecule has 1 aliphatic heterocycles. The number of carbonyl (C=O) groups is 3. The number of nitrogens with one attached hydrogen (secondary N) is 3. The van der Waals surface area contributed by atoms with Gasteiger partial charge in [-0.05, 0) is 12.8 Å². The first-order valence-electron chi connectivity index (χ1n) is 13.3. The van der Waals surface area contributed by atoms with Crippen LogP contribution in [0, 0.1) is 0 Å². The second-order valence-electron chi connectivity index (χ2n) is 9.67. The molecule has 1 aromatic carbocycles. The molecule has 4 rings (SSSR count). The van der Waals surface area contributed by atoms with Crippen LogP contribution in [0.15, 0.2) is 36.4 Å². The number of rotatable bonds is 7. The summed E-state index contributed by atoms with van der Waals surface area (Å²) in [5, 5.41) is 8.53. The van der Waals surface area contributed by atoms with E-state index in [1.54, 1.807) is 11.0 Å². The number of amides is 3. The van der Waals surface area contributed by atoms with Crippen LogP contribution in [0.4, 0.5) is 11.6 Å². The molecule has 0 radical (unpaired) electrons. The average molecular weight is 508 g/mol. The van der Waals surface area contributed by atoms with Crippen LogP contribution in [0.1, 0.15) is 45.4 Å². The summed E-state index contributed by atoms with van der Waals surface area (Å²) in [4.78, 5) is 50.1. The molecule has 198 valence electrons. The summed E-state index contributed by atoms with van der Waals surface area (Å²) in [6, 6.07) is 11.6. The lowest BCUT2D eigenvalue weighted by Gasteiger charge is -2.38. The summed E-state index contributed by atoms with van der Waals surface area (Å²) >= 11 is 0. The standard InChI is InChI=1S/C27H37N7O3/c1-20(35)28-13-14-29-23-19-24(31-25(30-23)21-9-5-4-6-10-21)32-26(36)27(37)34-17-15-33(16-18-34)22-11-7-2-3-8-12-22/h4-6,9-10,19,22H,2-3,7-8,11-18H2,1H3,(H,28,35)(H2,29,30,31,32,36). The number of aromatic nitrogens is 2. The second-order valence-corrected chi connectivity index (χ2v) is 9.67. The lowest BCUT2D eigenvalue weighted by molar-refractivity contribution is -0.144. The van der Waals surface area contributed by atoms with Crippen LogP contribution in [0.2, 0.25) is 0 Å². The molecule has 1 aromatic heterocycles. The van der Waals surface area contributed by atoms with Crippen LogP contribution in [-0.2, 0) is 14.4 Å². The number of anilines is 2. The van der Waals surface area contributed by atoms with Crippen LogP contribution in [0.3, 0.4) is 0 Å². The second kappa shape index (κ2) is 13.1. The van der Waals surface area contributed by atoms with Gasteiger partial charge in [0.1, 0.15) is 11.6 Å². The Morgan fingerprint density at radius 3 is 2.24 bits per heavy atom. The fourth-order valence-corrected chi connectivity index (χ4v) is 4.97. The van der Waals surface area contributed by atoms with Crippen molar-refractivity contribution in [3.05, 3.63) is 36.4 Å².